The van der Waals surface area contributed by atoms with Gasteiger partial charge in [-0.1, -0.05) is 48.9 Å². The Labute approximate surface area is 227 Å². The zero-order chi connectivity index (χ0) is 27.2. The maximum absolute atomic E-state index is 14.1. The van der Waals surface area contributed by atoms with E-state index in [0.29, 0.717) is 35.7 Å². The van der Waals surface area contributed by atoms with Crippen LogP contribution in [0.1, 0.15) is 38.7 Å². The number of carbonyl (C=O) groups excluding carboxylic acids is 3. The number of unbranched alkanes of at least 4 members (excludes halogenated alkanes) is 1. The summed E-state index contributed by atoms with van der Waals surface area (Å²) in [5.74, 6) is -2.56. The summed E-state index contributed by atoms with van der Waals surface area (Å²) in [5, 5.41) is 15.7. The second-order valence-corrected chi connectivity index (χ2v) is 11.3. The number of hydrogen-bond acceptors (Lipinski definition) is 5. The van der Waals surface area contributed by atoms with Crippen molar-refractivity contribution < 1.29 is 24.2 Å². The molecule has 3 N–H and O–H groups in total. The summed E-state index contributed by atoms with van der Waals surface area (Å²) in [4.78, 5) is 43.4. The maximum atomic E-state index is 14.1. The standard InChI is InChI=1S/C29H34ClN3O5/c1-17-10-9-13-20(30)23(17)32-26(36)24-29-16-18(2)28(3,38-29)21(25(35)31-19-11-5-4-6-12-19)22(29)27(37)33(24)14-7-8-15-34/h4-6,9-13,18,21-22,24,34H,7-8,14-16H2,1-3H3,(H,31,35)(H,32,36)/t18?,21-,22-,24?,28+,29?/m0/s1. The van der Waals surface area contributed by atoms with Crippen molar-refractivity contribution in [2.75, 3.05) is 23.8 Å². The number of halogens is 1. The van der Waals surface area contributed by atoms with Gasteiger partial charge < -0.3 is 25.4 Å². The van der Waals surface area contributed by atoms with Crippen LogP contribution in [0.4, 0.5) is 11.4 Å². The fourth-order valence-electron chi connectivity index (χ4n) is 6.80. The van der Waals surface area contributed by atoms with Gasteiger partial charge in [0.2, 0.25) is 17.7 Å². The number of amides is 3. The Balaban J connectivity index is 1.53. The number of aliphatic hydroxyl groups excluding tert-OH is 1. The molecule has 5 rings (SSSR count). The van der Waals surface area contributed by atoms with Crippen molar-refractivity contribution in [3.63, 3.8) is 0 Å². The normalized spacial score (nSPS) is 31.4. The van der Waals surface area contributed by atoms with Crippen molar-refractivity contribution in [1.82, 2.24) is 4.90 Å². The number of likely N-dealkylation sites (tertiary alicyclic amines) is 1. The molecule has 9 heteroatoms. The smallest absolute Gasteiger partial charge is 0.250 e. The summed E-state index contributed by atoms with van der Waals surface area (Å²) >= 11 is 6.42. The fourth-order valence-corrected chi connectivity index (χ4v) is 7.07. The van der Waals surface area contributed by atoms with Gasteiger partial charge in [0.25, 0.3) is 0 Å². The molecule has 2 aromatic carbocycles. The first kappa shape index (κ1) is 26.7. The molecule has 3 aliphatic heterocycles. The van der Waals surface area contributed by atoms with Crippen LogP contribution >= 0.6 is 11.6 Å². The lowest BCUT2D eigenvalue weighted by molar-refractivity contribution is -0.144. The van der Waals surface area contributed by atoms with E-state index in [1.807, 2.05) is 51.1 Å². The van der Waals surface area contributed by atoms with Crippen LogP contribution in [0.2, 0.25) is 5.02 Å². The largest absolute Gasteiger partial charge is 0.396 e. The number of anilines is 2. The molecule has 2 bridgehead atoms. The number of rotatable bonds is 8. The van der Waals surface area contributed by atoms with Crippen LogP contribution in [-0.4, -0.2) is 58.1 Å². The van der Waals surface area contributed by atoms with Gasteiger partial charge in [0.05, 0.1) is 28.1 Å². The number of aryl methyl sites for hydroxylation is 1. The van der Waals surface area contributed by atoms with E-state index in [0.717, 1.165) is 5.56 Å². The number of benzene rings is 2. The summed E-state index contributed by atoms with van der Waals surface area (Å²) in [6, 6.07) is 13.6. The van der Waals surface area contributed by atoms with E-state index in [2.05, 4.69) is 10.6 Å². The third-order valence-corrected chi connectivity index (χ3v) is 8.98. The van der Waals surface area contributed by atoms with Crippen LogP contribution in [0, 0.1) is 24.7 Å². The molecular weight excluding hydrogens is 506 g/mol. The first-order valence-electron chi connectivity index (χ1n) is 13.2. The number of fused-ring (bicyclic) bond motifs is 1. The molecule has 202 valence electrons. The van der Waals surface area contributed by atoms with Crippen LogP contribution in [-0.2, 0) is 19.1 Å². The van der Waals surface area contributed by atoms with Crippen LogP contribution in [0.25, 0.3) is 0 Å². The van der Waals surface area contributed by atoms with Gasteiger partial charge >= 0.3 is 0 Å². The minimum atomic E-state index is -1.15. The van der Waals surface area contributed by atoms with Crippen molar-refractivity contribution >= 4 is 40.7 Å². The number of para-hydroxylation sites is 2. The lowest BCUT2D eigenvalue weighted by atomic mass is 9.62. The van der Waals surface area contributed by atoms with E-state index in [9.17, 15) is 19.5 Å². The number of ether oxygens (including phenoxy) is 1. The highest BCUT2D eigenvalue weighted by Crippen LogP contribution is 2.65. The predicted molar refractivity (Wildman–Crippen MR) is 145 cm³/mol. The molecule has 0 radical (unpaired) electrons. The maximum Gasteiger partial charge on any atom is 0.250 e. The van der Waals surface area contributed by atoms with Crippen molar-refractivity contribution in [3.8, 4) is 0 Å². The second kappa shape index (κ2) is 9.98. The number of hydrogen-bond donors (Lipinski definition) is 3. The molecule has 0 aliphatic carbocycles. The van der Waals surface area contributed by atoms with E-state index < -0.39 is 29.1 Å². The number of aliphatic hydroxyl groups is 1. The van der Waals surface area contributed by atoms with Crippen molar-refractivity contribution in [1.29, 1.82) is 0 Å². The summed E-state index contributed by atoms with van der Waals surface area (Å²) < 4.78 is 6.73. The third kappa shape index (κ3) is 4.10. The van der Waals surface area contributed by atoms with E-state index in [1.54, 1.807) is 23.1 Å². The van der Waals surface area contributed by atoms with Crippen molar-refractivity contribution in [2.24, 2.45) is 17.8 Å². The monoisotopic (exact) mass is 539 g/mol. The topological polar surface area (TPSA) is 108 Å². The van der Waals surface area contributed by atoms with Crippen LogP contribution in [0.5, 0.6) is 0 Å². The van der Waals surface area contributed by atoms with E-state index in [4.69, 9.17) is 16.3 Å². The molecule has 0 aromatic heterocycles. The SMILES string of the molecule is Cc1cccc(Cl)c1NC(=O)C1N(CCCCO)C(=O)[C@@H]2[C@@H](C(=O)Nc3ccccc3)[C@]3(C)OC12CC3C. The number of nitrogens with zero attached hydrogens (tertiary/aromatic N) is 1. The van der Waals surface area contributed by atoms with Gasteiger partial charge in [0, 0.05) is 18.8 Å². The fraction of sp³-hybridized carbons (Fsp3) is 0.483. The zero-order valence-electron chi connectivity index (χ0n) is 21.9. The molecule has 3 heterocycles. The Morgan fingerprint density at radius 3 is 2.53 bits per heavy atom. The summed E-state index contributed by atoms with van der Waals surface area (Å²) in [6.45, 7) is 6.02. The molecule has 3 aliphatic rings. The number of nitrogens with one attached hydrogen (secondary N) is 2. The van der Waals surface area contributed by atoms with Gasteiger partial charge in [-0.05, 0) is 62.8 Å². The molecule has 3 fully saturated rings. The van der Waals surface area contributed by atoms with Gasteiger partial charge in [0.1, 0.15) is 11.6 Å². The highest BCUT2D eigenvalue weighted by Gasteiger charge is 2.79. The first-order valence-corrected chi connectivity index (χ1v) is 13.5. The van der Waals surface area contributed by atoms with Crippen molar-refractivity contribution in [3.05, 3.63) is 59.1 Å². The van der Waals surface area contributed by atoms with Gasteiger partial charge in [0.15, 0.2) is 0 Å². The molecule has 2 aromatic rings. The molecule has 3 saturated heterocycles. The van der Waals surface area contributed by atoms with E-state index >= 15 is 0 Å². The average molecular weight is 540 g/mol. The third-order valence-electron chi connectivity index (χ3n) is 8.66. The molecule has 3 amide bonds. The Kier molecular flexibility index (Phi) is 7.00. The lowest BCUT2D eigenvalue weighted by Crippen LogP contribution is -2.54. The van der Waals surface area contributed by atoms with Gasteiger partial charge in [-0.15, -0.1) is 0 Å². The van der Waals surface area contributed by atoms with Gasteiger partial charge in [-0.3, -0.25) is 14.4 Å². The minimum absolute atomic E-state index is 0.0139. The van der Waals surface area contributed by atoms with Gasteiger partial charge in [-0.2, -0.15) is 0 Å². The zero-order valence-corrected chi connectivity index (χ0v) is 22.6. The van der Waals surface area contributed by atoms with Crippen LogP contribution < -0.4 is 10.6 Å². The first-order chi connectivity index (χ1) is 18.1. The highest BCUT2D eigenvalue weighted by atomic mass is 35.5. The summed E-state index contributed by atoms with van der Waals surface area (Å²) in [7, 11) is 0. The second-order valence-electron chi connectivity index (χ2n) is 10.9. The Morgan fingerprint density at radius 1 is 1.11 bits per heavy atom. The summed E-state index contributed by atoms with van der Waals surface area (Å²) in [5.41, 5.74) is -0.128. The highest BCUT2D eigenvalue weighted by molar-refractivity contribution is 6.34. The number of carbonyl (C=O) groups is 3. The molecule has 8 nitrogen and oxygen atoms in total. The Morgan fingerprint density at radius 2 is 1.84 bits per heavy atom. The molecule has 38 heavy (non-hydrogen) atoms. The van der Waals surface area contributed by atoms with E-state index in [1.165, 1.54) is 0 Å². The molecule has 0 saturated carbocycles. The Hall–Kier alpha value is -2.94. The lowest BCUT2D eigenvalue weighted by Gasteiger charge is -2.36. The minimum Gasteiger partial charge on any atom is -0.396 e. The quantitative estimate of drug-likeness (QED) is 0.439. The average Bonchev–Trinajstić information content (AvgIpc) is 3.39. The summed E-state index contributed by atoms with van der Waals surface area (Å²) in [6.07, 6.45) is 1.49. The molecule has 3 unspecified atom stereocenters. The molecule has 1 spiro atoms. The molecular formula is C29H34ClN3O5. The van der Waals surface area contributed by atoms with Crippen molar-refractivity contribution in [2.45, 2.75) is 57.3 Å². The van der Waals surface area contributed by atoms with Crippen LogP contribution in [0.3, 0.4) is 0 Å². The van der Waals surface area contributed by atoms with E-state index in [-0.39, 0.29) is 36.8 Å². The molecule has 6 atom stereocenters. The Bertz CT molecular complexity index is 1240. The predicted octanol–water partition coefficient (Wildman–Crippen LogP) is 4.01. The van der Waals surface area contributed by atoms with Crippen LogP contribution in [0.15, 0.2) is 48.5 Å². The van der Waals surface area contributed by atoms with Gasteiger partial charge in [-0.25, -0.2) is 0 Å².